The maximum atomic E-state index is 12.8. The summed E-state index contributed by atoms with van der Waals surface area (Å²) in [5.41, 5.74) is 4.69. The van der Waals surface area contributed by atoms with E-state index < -0.39 is 0 Å². The van der Waals surface area contributed by atoms with Crippen LogP contribution in [-0.2, 0) is 11.3 Å². The normalized spacial score (nSPS) is 11.1. The summed E-state index contributed by atoms with van der Waals surface area (Å²) >= 11 is 6.32. The summed E-state index contributed by atoms with van der Waals surface area (Å²) in [4.78, 5) is 14.4. The lowest BCUT2D eigenvalue weighted by Crippen LogP contribution is -2.24. The number of rotatable bonds is 8. The minimum atomic E-state index is -0.125. The van der Waals surface area contributed by atoms with Gasteiger partial charge in [-0.15, -0.1) is 0 Å². The van der Waals surface area contributed by atoms with Crippen molar-refractivity contribution in [2.24, 2.45) is 0 Å². The second-order valence-electron chi connectivity index (χ2n) is 7.39. The fourth-order valence-electron chi connectivity index (χ4n) is 3.45. The molecule has 0 saturated heterocycles. The van der Waals surface area contributed by atoms with Gasteiger partial charge in [0.15, 0.2) is 11.5 Å². The van der Waals surface area contributed by atoms with E-state index in [4.69, 9.17) is 21.1 Å². The van der Waals surface area contributed by atoms with Gasteiger partial charge in [0.25, 0.3) is 0 Å². The smallest absolute Gasteiger partial charge is 0.246 e. The second-order valence-corrected chi connectivity index (χ2v) is 7.80. The van der Waals surface area contributed by atoms with E-state index in [1.54, 1.807) is 37.3 Å². The monoisotopic (exact) mass is 453 g/mol. The van der Waals surface area contributed by atoms with Gasteiger partial charge in [-0.25, -0.2) is 4.68 Å². The molecule has 1 aromatic heterocycles. The first-order valence-electron chi connectivity index (χ1n) is 10.4. The lowest BCUT2D eigenvalue weighted by Gasteiger charge is -2.16. The van der Waals surface area contributed by atoms with Crippen LogP contribution in [0.3, 0.4) is 0 Å². The Kier molecular flexibility index (Phi) is 7.59. The van der Waals surface area contributed by atoms with Crippen LogP contribution in [-0.4, -0.2) is 41.4 Å². The third-order valence-electron chi connectivity index (χ3n) is 5.17. The number of hydrogen-bond donors (Lipinski definition) is 0. The van der Waals surface area contributed by atoms with Crippen molar-refractivity contribution >= 4 is 23.6 Å². The lowest BCUT2D eigenvalue weighted by atomic mass is 10.1. The molecule has 3 aromatic rings. The number of aryl methyl sites for hydroxylation is 1. The summed E-state index contributed by atoms with van der Waals surface area (Å²) in [6.07, 6.45) is 3.24. The molecular formula is C25H28ClN3O3. The quantitative estimate of drug-likeness (QED) is 0.439. The number of para-hydroxylation sites is 1. The van der Waals surface area contributed by atoms with Gasteiger partial charge in [0.1, 0.15) is 0 Å². The second kappa shape index (κ2) is 10.4. The van der Waals surface area contributed by atoms with Gasteiger partial charge in [0.2, 0.25) is 5.91 Å². The number of halogens is 1. The molecule has 1 amide bonds. The summed E-state index contributed by atoms with van der Waals surface area (Å²) in [6.45, 7) is 6.80. The van der Waals surface area contributed by atoms with Gasteiger partial charge in [0.05, 0.1) is 30.1 Å². The molecule has 0 bridgehead atoms. The van der Waals surface area contributed by atoms with Gasteiger partial charge in [0, 0.05) is 30.9 Å². The van der Waals surface area contributed by atoms with Gasteiger partial charge in [-0.3, -0.25) is 4.79 Å². The van der Waals surface area contributed by atoms with Crippen molar-refractivity contribution in [1.82, 2.24) is 14.7 Å². The Bertz CT molecular complexity index is 1120. The third kappa shape index (κ3) is 5.14. The predicted molar refractivity (Wildman–Crippen MR) is 128 cm³/mol. The SMILES string of the molecule is CCOc1c(Cl)cc(/C=C/C(=O)N(C)Cc2c(C)nn(-c3ccccc3)c2C)cc1OC. The average Bonchev–Trinajstić information content (AvgIpc) is 3.07. The Morgan fingerprint density at radius 1 is 1.22 bits per heavy atom. The molecule has 0 spiro atoms. The zero-order chi connectivity index (χ0) is 23.3. The van der Waals surface area contributed by atoms with E-state index in [0.29, 0.717) is 29.7 Å². The molecular weight excluding hydrogens is 426 g/mol. The molecule has 0 fully saturated rings. The van der Waals surface area contributed by atoms with Crippen LogP contribution in [0.4, 0.5) is 0 Å². The summed E-state index contributed by atoms with van der Waals surface area (Å²) < 4.78 is 12.8. The van der Waals surface area contributed by atoms with E-state index in [0.717, 1.165) is 28.2 Å². The summed E-state index contributed by atoms with van der Waals surface area (Å²) in [6, 6.07) is 13.5. The Labute approximate surface area is 194 Å². The van der Waals surface area contributed by atoms with Crippen molar-refractivity contribution in [2.45, 2.75) is 27.3 Å². The number of ether oxygens (including phenoxy) is 2. The topological polar surface area (TPSA) is 56.6 Å². The molecule has 32 heavy (non-hydrogen) atoms. The van der Waals surface area contributed by atoms with Crippen molar-refractivity contribution in [3.8, 4) is 17.2 Å². The van der Waals surface area contributed by atoms with Crippen LogP contribution >= 0.6 is 11.6 Å². The van der Waals surface area contributed by atoms with E-state index in [9.17, 15) is 4.79 Å². The molecule has 0 N–H and O–H groups in total. The highest BCUT2D eigenvalue weighted by Gasteiger charge is 2.16. The molecule has 3 rings (SSSR count). The summed E-state index contributed by atoms with van der Waals surface area (Å²) in [5.74, 6) is 0.901. The van der Waals surface area contributed by atoms with Crippen molar-refractivity contribution in [1.29, 1.82) is 0 Å². The summed E-state index contributed by atoms with van der Waals surface area (Å²) in [5, 5.41) is 5.10. The Balaban J connectivity index is 1.75. The van der Waals surface area contributed by atoms with E-state index >= 15 is 0 Å². The van der Waals surface area contributed by atoms with Gasteiger partial charge < -0.3 is 14.4 Å². The fraction of sp³-hybridized carbons (Fsp3) is 0.280. The predicted octanol–water partition coefficient (Wildman–Crippen LogP) is 5.22. The number of carbonyl (C=O) groups is 1. The number of methoxy groups -OCH3 is 1. The molecule has 0 aliphatic rings. The van der Waals surface area contributed by atoms with Crippen LogP contribution in [0.25, 0.3) is 11.8 Å². The third-order valence-corrected chi connectivity index (χ3v) is 5.45. The maximum Gasteiger partial charge on any atom is 0.246 e. The van der Waals surface area contributed by atoms with E-state index in [-0.39, 0.29) is 5.91 Å². The molecule has 0 radical (unpaired) electrons. The number of amides is 1. The first-order valence-corrected chi connectivity index (χ1v) is 10.8. The Hall–Kier alpha value is -3.25. The van der Waals surface area contributed by atoms with Gasteiger partial charge >= 0.3 is 0 Å². The largest absolute Gasteiger partial charge is 0.493 e. The molecule has 0 unspecified atom stereocenters. The van der Waals surface area contributed by atoms with Crippen LogP contribution in [0, 0.1) is 13.8 Å². The van der Waals surface area contributed by atoms with Gasteiger partial charge in [-0.2, -0.15) is 5.10 Å². The molecule has 168 valence electrons. The number of aromatic nitrogens is 2. The molecule has 6 nitrogen and oxygen atoms in total. The average molecular weight is 454 g/mol. The van der Waals surface area contributed by atoms with E-state index in [2.05, 4.69) is 5.10 Å². The van der Waals surface area contributed by atoms with E-state index in [1.807, 2.05) is 55.8 Å². The highest BCUT2D eigenvalue weighted by Crippen LogP contribution is 2.36. The molecule has 0 aliphatic carbocycles. The number of hydrogen-bond acceptors (Lipinski definition) is 4. The number of benzene rings is 2. The van der Waals surface area contributed by atoms with Gasteiger partial charge in [-0.1, -0.05) is 29.8 Å². The van der Waals surface area contributed by atoms with Crippen LogP contribution in [0.15, 0.2) is 48.5 Å². The molecule has 7 heteroatoms. The first-order chi connectivity index (χ1) is 15.3. The Morgan fingerprint density at radius 3 is 2.59 bits per heavy atom. The zero-order valence-electron chi connectivity index (χ0n) is 19.1. The number of nitrogens with zero attached hydrogens (tertiary/aromatic N) is 3. The molecule has 1 heterocycles. The summed E-state index contributed by atoms with van der Waals surface area (Å²) in [7, 11) is 3.33. The molecule has 0 saturated carbocycles. The Morgan fingerprint density at radius 2 is 1.94 bits per heavy atom. The van der Waals surface area contributed by atoms with Gasteiger partial charge in [-0.05, 0) is 56.7 Å². The molecule has 0 atom stereocenters. The van der Waals surface area contributed by atoms with Crippen molar-refractivity contribution < 1.29 is 14.3 Å². The van der Waals surface area contributed by atoms with Crippen LogP contribution in [0.2, 0.25) is 5.02 Å². The minimum absolute atomic E-state index is 0.125. The number of likely N-dealkylation sites (N-methyl/N-ethyl adjacent to an activating group) is 1. The number of carbonyl (C=O) groups excluding carboxylic acids is 1. The maximum absolute atomic E-state index is 12.8. The lowest BCUT2D eigenvalue weighted by molar-refractivity contribution is -0.125. The fourth-order valence-corrected chi connectivity index (χ4v) is 3.73. The highest BCUT2D eigenvalue weighted by atomic mass is 35.5. The van der Waals surface area contributed by atoms with Crippen molar-refractivity contribution in [3.63, 3.8) is 0 Å². The zero-order valence-corrected chi connectivity index (χ0v) is 19.8. The van der Waals surface area contributed by atoms with E-state index in [1.165, 1.54) is 6.08 Å². The van der Waals surface area contributed by atoms with Crippen LogP contribution < -0.4 is 9.47 Å². The van der Waals surface area contributed by atoms with Crippen molar-refractivity contribution in [3.05, 3.63) is 76.1 Å². The standard InChI is InChI=1S/C25H28ClN3O3/c1-6-32-25-22(26)14-19(15-23(25)31-5)12-13-24(30)28(4)16-21-17(2)27-29(18(21)3)20-10-8-7-9-11-20/h7-15H,6,16H2,1-5H3/b13-12+. The van der Waals surface area contributed by atoms with Crippen molar-refractivity contribution in [2.75, 3.05) is 20.8 Å². The molecule has 0 aliphatic heterocycles. The van der Waals surface area contributed by atoms with Crippen LogP contribution in [0.1, 0.15) is 29.4 Å². The first kappa shape index (κ1) is 23.4. The highest BCUT2D eigenvalue weighted by molar-refractivity contribution is 6.32. The minimum Gasteiger partial charge on any atom is -0.493 e. The molecule has 2 aromatic carbocycles. The van der Waals surface area contributed by atoms with Crippen LogP contribution in [0.5, 0.6) is 11.5 Å².